The van der Waals surface area contributed by atoms with Crippen LogP contribution in [0.2, 0.25) is 0 Å². The molecular weight excluding hydrogens is 280 g/mol. The lowest BCUT2D eigenvalue weighted by molar-refractivity contribution is -0.120. The molecule has 0 aromatic heterocycles. The second kappa shape index (κ2) is 7.25. The summed E-state index contributed by atoms with van der Waals surface area (Å²) in [5.74, 6) is -0.151. The third-order valence-electron chi connectivity index (χ3n) is 2.56. The summed E-state index contributed by atoms with van der Waals surface area (Å²) in [5.41, 5.74) is 0.687. The molecule has 0 spiro atoms. The lowest BCUT2D eigenvalue weighted by Crippen LogP contribution is -2.39. The van der Waals surface area contributed by atoms with Gasteiger partial charge in [-0.2, -0.15) is 0 Å². The summed E-state index contributed by atoms with van der Waals surface area (Å²) >= 11 is 0. The van der Waals surface area contributed by atoms with Crippen LogP contribution in [-0.2, 0) is 19.4 Å². The number of anilines is 1. The molecule has 1 unspecified atom stereocenters. The number of sulfone groups is 1. The van der Waals surface area contributed by atoms with Crippen molar-refractivity contribution >= 4 is 21.4 Å². The van der Waals surface area contributed by atoms with Crippen molar-refractivity contribution in [1.29, 1.82) is 0 Å². The van der Waals surface area contributed by atoms with Gasteiger partial charge in [-0.1, -0.05) is 0 Å². The van der Waals surface area contributed by atoms with E-state index in [4.69, 9.17) is 4.74 Å². The van der Waals surface area contributed by atoms with E-state index in [2.05, 4.69) is 10.6 Å². The Hall–Kier alpha value is -1.60. The molecule has 1 rings (SSSR count). The Morgan fingerprint density at radius 2 is 1.90 bits per heavy atom. The number of methoxy groups -OCH3 is 1. The van der Waals surface area contributed by atoms with Gasteiger partial charge in [-0.25, -0.2) is 8.42 Å². The highest BCUT2D eigenvalue weighted by molar-refractivity contribution is 7.90. The molecule has 2 N–H and O–H groups in total. The number of rotatable bonds is 7. The molecule has 7 heteroatoms. The van der Waals surface area contributed by atoms with Gasteiger partial charge in [0.2, 0.25) is 5.91 Å². The van der Waals surface area contributed by atoms with Crippen LogP contribution in [0.25, 0.3) is 0 Å². The molecule has 0 saturated carbocycles. The fraction of sp³-hybridized carbons (Fsp3) is 0.462. The molecule has 112 valence electrons. The molecule has 0 aliphatic carbocycles. The third kappa shape index (κ3) is 5.58. The first-order chi connectivity index (χ1) is 9.32. The van der Waals surface area contributed by atoms with Gasteiger partial charge in [-0.05, 0) is 31.2 Å². The van der Waals surface area contributed by atoms with Crippen LogP contribution in [0.5, 0.6) is 0 Å². The molecule has 1 aromatic carbocycles. The minimum Gasteiger partial charge on any atom is -0.383 e. The molecular formula is C13H20N2O4S. The Kier molecular flexibility index (Phi) is 5.97. The maximum atomic E-state index is 11.6. The summed E-state index contributed by atoms with van der Waals surface area (Å²) in [5, 5.41) is 5.69. The van der Waals surface area contributed by atoms with Gasteiger partial charge >= 0.3 is 0 Å². The van der Waals surface area contributed by atoms with E-state index < -0.39 is 9.84 Å². The maximum absolute atomic E-state index is 11.6. The first-order valence-electron chi connectivity index (χ1n) is 6.15. The molecule has 20 heavy (non-hydrogen) atoms. The SMILES string of the molecule is COCC(C)NC(=O)CNc1ccc(S(C)(=O)=O)cc1. The quantitative estimate of drug-likeness (QED) is 0.772. The van der Waals surface area contributed by atoms with Crippen LogP contribution in [0.15, 0.2) is 29.2 Å². The average Bonchev–Trinajstić information content (AvgIpc) is 2.36. The fourth-order valence-electron chi connectivity index (χ4n) is 1.62. The van der Waals surface area contributed by atoms with Crippen LogP contribution in [0.3, 0.4) is 0 Å². The summed E-state index contributed by atoms with van der Waals surface area (Å²) in [6.07, 6.45) is 1.15. The molecule has 0 aliphatic rings. The van der Waals surface area contributed by atoms with Crippen molar-refractivity contribution in [2.45, 2.75) is 17.9 Å². The first kappa shape index (κ1) is 16.5. The van der Waals surface area contributed by atoms with Crippen molar-refractivity contribution < 1.29 is 17.9 Å². The highest BCUT2D eigenvalue weighted by Crippen LogP contribution is 2.13. The third-order valence-corrected chi connectivity index (χ3v) is 3.69. The molecule has 0 aliphatic heterocycles. The number of amides is 1. The molecule has 0 bridgehead atoms. The number of nitrogens with one attached hydrogen (secondary N) is 2. The van der Waals surface area contributed by atoms with Crippen molar-refractivity contribution in [3.8, 4) is 0 Å². The van der Waals surface area contributed by atoms with Gasteiger partial charge in [0.15, 0.2) is 9.84 Å². The molecule has 1 amide bonds. The van der Waals surface area contributed by atoms with Crippen LogP contribution in [-0.4, -0.2) is 46.9 Å². The summed E-state index contributed by atoms with van der Waals surface area (Å²) in [6, 6.07) is 6.21. The first-order valence-corrected chi connectivity index (χ1v) is 8.04. The van der Waals surface area contributed by atoms with Crippen LogP contribution < -0.4 is 10.6 Å². The Morgan fingerprint density at radius 3 is 2.40 bits per heavy atom. The monoisotopic (exact) mass is 300 g/mol. The van der Waals surface area contributed by atoms with Crippen LogP contribution in [0, 0.1) is 0 Å². The van der Waals surface area contributed by atoms with Crippen molar-refractivity contribution in [2.75, 3.05) is 31.8 Å². The van der Waals surface area contributed by atoms with Crippen LogP contribution >= 0.6 is 0 Å². The lowest BCUT2D eigenvalue weighted by atomic mass is 10.3. The predicted octanol–water partition coefficient (Wildman–Crippen LogP) is 0.653. The Balaban J connectivity index is 2.48. The van der Waals surface area contributed by atoms with Crippen LogP contribution in [0.1, 0.15) is 6.92 Å². The zero-order chi connectivity index (χ0) is 15.2. The van der Waals surface area contributed by atoms with Crippen molar-refractivity contribution in [3.63, 3.8) is 0 Å². The topological polar surface area (TPSA) is 84.5 Å². The van der Waals surface area contributed by atoms with E-state index in [1.165, 1.54) is 12.1 Å². The number of hydrogen-bond donors (Lipinski definition) is 2. The van der Waals surface area contributed by atoms with E-state index in [1.54, 1.807) is 19.2 Å². The molecule has 0 heterocycles. The van der Waals surface area contributed by atoms with E-state index in [0.29, 0.717) is 12.3 Å². The van der Waals surface area contributed by atoms with Gasteiger partial charge in [0.05, 0.1) is 18.0 Å². The smallest absolute Gasteiger partial charge is 0.239 e. The van der Waals surface area contributed by atoms with E-state index in [9.17, 15) is 13.2 Å². The number of benzene rings is 1. The second-order valence-corrected chi connectivity index (χ2v) is 6.59. The zero-order valence-electron chi connectivity index (χ0n) is 11.8. The predicted molar refractivity (Wildman–Crippen MR) is 77.5 cm³/mol. The molecule has 6 nitrogen and oxygen atoms in total. The number of carbonyl (C=O) groups excluding carboxylic acids is 1. The Bertz CT molecular complexity index is 540. The Morgan fingerprint density at radius 1 is 1.30 bits per heavy atom. The summed E-state index contributed by atoms with van der Waals surface area (Å²) in [7, 11) is -1.62. The minimum atomic E-state index is -3.19. The normalized spacial score (nSPS) is 12.8. The average molecular weight is 300 g/mol. The zero-order valence-corrected chi connectivity index (χ0v) is 12.7. The summed E-state index contributed by atoms with van der Waals surface area (Å²) in [4.78, 5) is 11.9. The molecule has 0 saturated heterocycles. The van der Waals surface area contributed by atoms with E-state index in [0.717, 1.165) is 6.26 Å². The number of hydrogen-bond acceptors (Lipinski definition) is 5. The molecule has 0 radical (unpaired) electrons. The minimum absolute atomic E-state index is 0.0538. The highest BCUT2D eigenvalue weighted by atomic mass is 32.2. The largest absolute Gasteiger partial charge is 0.383 e. The van der Waals surface area contributed by atoms with Gasteiger partial charge in [0, 0.05) is 25.1 Å². The fourth-order valence-corrected chi connectivity index (χ4v) is 2.25. The van der Waals surface area contributed by atoms with Gasteiger partial charge in [0.1, 0.15) is 0 Å². The van der Waals surface area contributed by atoms with Crippen molar-refractivity contribution in [1.82, 2.24) is 5.32 Å². The maximum Gasteiger partial charge on any atom is 0.239 e. The van der Waals surface area contributed by atoms with Crippen molar-refractivity contribution in [3.05, 3.63) is 24.3 Å². The van der Waals surface area contributed by atoms with Gasteiger partial charge in [0.25, 0.3) is 0 Å². The molecule has 0 fully saturated rings. The van der Waals surface area contributed by atoms with E-state index in [-0.39, 0.29) is 23.4 Å². The van der Waals surface area contributed by atoms with Gasteiger partial charge in [-0.3, -0.25) is 4.79 Å². The van der Waals surface area contributed by atoms with E-state index >= 15 is 0 Å². The van der Waals surface area contributed by atoms with Gasteiger partial charge in [-0.15, -0.1) is 0 Å². The van der Waals surface area contributed by atoms with Gasteiger partial charge < -0.3 is 15.4 Å². The standard InChI is InChI=1S/C13H20N2O4S/c1-10(9-19-2)15-13(16)8-14-11-4-6-12(7-5-11)20(3,17)18/h4-7,10,14H,8-9H2,1-3H3,(H,15,16). The summed E-state index contributed by atoms with van der Waals surface area (Å²) in [6.45, 7) is 2.42. The lowest BCUT2D eigenvalue weighted by Gasteiger charge is -2.13. The summed E-state index contributed by atoms with van der Waals surface area (Å²) < 4.78 is 27.5. The Labute approximate surface area is 119 Å². The molecule has 1 atom stereocenters. The highest BCUT2D eigenvalue weighted by Gasteiger charge is 2.08. The van der Waals surface area contributed by atoms with E-state index in [1.807, 2.05) is 6.92 Å². The number of carbonyl (C=O) groups is 1. The second-order valence-electron chi connectivity index (χ2n) is 4.57. The number of ether oxygens (including phenoxy) is 1. The van der Waals surface area contributed by atoms with Crippen LogP contribution in [0.4, 0.5) is 5.69 Å². The van der Waals surface area contributed by atoms with Crippen molar-refractivity contribution in [2.24, 2.45) is 0 Å². The molecule has 1 aromatic rings.